The van der Waals surface area contributed by atoms with Crippen LogP contribution in [0.4, 0.5) is 0 Å². The molecule has 2 aliphatic carbocycles. The number of rotatable bonds is 6. The Balaban J connectivity index is 1.45. The number of hydrogen-bond acceptors (Lipinski definition) is 1. The van der Waals surface area contributed by atoms with Crippen LogP contribution in [-0.4, -0.2) is 11.1 Å². The molecule has 2 aliphatic rings. The molecule has 0 radical (unpaired) electrons. The molecule has 0 amide bonds. The van der Waals surface area contributed by atoms with Gasteiger partial charge in [0.1, 0.15) is 0 Å². The van der Waals surface area contributed by atoms with E-state index in [1.54, 1.807) is 12.1 Å². The lowest BCUT2D eigenvalue weighted by molar-refractivity contribution is 0.0697. The highest BCUT2D eigenvalue weighted by Gasteiger charge is 2.31. The first-order valence-corrected chi connectivity index (χ1v) is 10.5. The third kappa shape index (κ3) is 4.86. The fourth-order valence-electron chi connectivity index (χ4n) is 5.26. The van der Waals surface area contributed by atoms with Gasteiger partial charge in [-0.3, -0.25) is 0 Å². The van der Waals surface area contributed by atoms with Gasteiger partial charge in [0.2, 0.25) is 0 Å². The summed E-state index contributed by atoms with van der Waals surface area (Å²) in [7, 11) is 0. The number of hydrogen-bond donors (Lipinski definition) is 1. The highest BCUT2D eigenvalue weighted by molar-refractivity contribution is 5.87. The van der Waals surface area contributed by atoms with Crippen LogP contribution in [0.3, 0.4) is 0 Å². The van der Waals surface area contributed by atoms with Crippen molar-refractivity contribution < 1.29 is 9.90 Å². The van der Waals surface area contributed by atoms with Crippen molar-refractivity contribution in [2.24, 2.45) is 17.8 Å². The largest absolute Gasteiger partial charge is 0.478 e. The number of carboxylic acids is 1. The van der Waals surface area contributed by atoms with E-state index in [-0.39, 0.29) is 0 Å². The second-order valence-electron chi connectivity index (χ2n) is 8.46. The van der Waals surface area contributed by atoms with Gasteiger partial charge in [-0.2, -0.15) is 0 Å². The van der Waals surface area contributed by atoms with Gasteiger partial charge >= 0.3 is 5.97 Å². The van der Waals surface area contributed by atoms with Crippen molar-refractivity contribution in [3.05, 3.63) is 35.4 Å². The summed E-state index contributed by atoms with van der Waals surface area (Å²) < 4.78 is 0. The molecular weight excluding hydrogens is 308 g/mol. The van der Waals surface area contributed by atoms with E-state index in [1.165, 1.54) is 76.2 Å². The van der Waals surface area contributed by atoms with Crippen molar-refractivity contribution in [2.75, 3.05) is 0 Å². The molecule has 1 N–H and O–H groups in total. The van der Waals surface area contributed by atoms with Crippen molar-refractivity contribution >= 4 is 5.97 Å². The Morgan fingerprint density at radius 1 is 0.920 bits per heavy atom. The van der Waals surface area contributed by atoms with Crippen LogP contribution >= 0.6 is 0 Å². The van der Waals surface area contributed by atoms with E-state index in [2.05, 4.69) is 6.92 Å². The maximum Gasteiger partial charge on any atom is 0.335 e. The smallest absolute Gasteiger partial charge is 0.335 e. The maximum atomic E-state index is 11.0. The third-order valence-electron chi connectivity index (χ3n) is 6.92. The van der Waals surface area contributed by atoms with Crippen LogP contribution in [0.5, 0.6) is 0 Å². The van der Waals surface area contributed by atoms with E-state index in [4.69, 9.17) is 5.11 Å². The molecule has 0 atom stereocenters. The minimum absolute atomic E-state index is 0.400. The molecule has 1 aromatic carbocycles. The van der Waals surface area contributed by atoms with E-state index in [9.17, 15) is 4.79 Å². The molecule has 25 heavy (non-hydrogen) atoms. The summed E-state index contributed by atoms with van der Waals surface area (Å²) in [6.07, 6.45) is 15.4. The van der Waals surface area contributed by atoms with Gasteiger partial charge in [0.25, 0.3) is 0 Å². The van der Waals surface area contributed by atoms with Crippen LogP contribution in [-0.2, 0) is 0 Å². The molecule has 0 aliphatic heterocycles. The van der Waals surface area contributed by atoms with Crippen LogP contribution in [0.1, 0.15) is 99.4 Å². The van der Waals surface area contributed by atoms with Crippen LogP contribution in [0.2, 0.25) is 0 Å². The summed E-state index contributed by atoms with van der Waals surface area (Å²) >= 11 is 0. The summed E-state index contributed by atoms with van der Waals surface area (Å²) in [6.45, 7) is 2.30. The number of benzene rings is 1. The second-order valence-corrected chi connectivity index (χ2v) is 8.46. The monoisotopic (exact) mass is 342 g/mol. The molecule has 0 unspecified atom stereocenters. The predicted molar refractivity (Wildman–Crippen MR) is 103 cm³/mol. The van der Waals surface area contributed by atoms with E-state index in [1.807, 2.05) is 12.1 Å². The topological polar surface area (TPSA) is 37.3 Å². The van der Waals surface area contributed by atoms with Gasteiger partial charge in [-0.1, -0.05) is 51.2 Å². The van der Waals surface area contributed by atoms with E-state index < -0.39 is 5.97 Å². The molecule has 0 spiro atoms. The van der Waals surface area contributed by atoms with Crippen LogP contribution < -0.4 is 0 Å². The third-order valence-corrected chi connectivity index (χ3v) is 6.92. The fourth-order valence-corrected chi connectivity index (χ4v) is 5.26. The summed E-state index contributed by atoms with van der Waals surface area (Å²) in [5.74, 6) is 2.75. The average molecular weight is 343 g/mol. The molecule has 2 nitrogen and oxygen atoms in total. The maximum absolute atomic E-state index is 11.0. The van der Waals surface area contributed by atoms with E-state index in [0.717, 1.165) is 17.8 Å². The van der Waals surface area contributed by atoms with Gasteiger partial charge in [-0.25, -0.2) is 4.79 Å². The molecule has 2 heteroatoms. The number of aromatic carboxylic acids is 1. The molecule has 2 saturated carbocycles. The van der Waals surface area contributed by atoms with Gasteiger partial charge < -0.3 is 5.11 Å². The van der Waals surface area contributed by atoms with Gasteiger partial charge in [0, 0.05) is 0 Å². The average Bonchev–Trinajstić information content (AvgIpc) is 2.67. The molecule has 3 rings (SSSR count). The minimum Gasteiger partial charge on any atom is -0.478 e. The first kappa shape index (κ1) is 18.5. The molecule has 2 fully saturated rings. The quantitative estimate of drug-likeness (QED) is 0.628. The standard InChI is InChI=1S/C23H34O2/c1-2-3-4-17-5-7-18(8-6-17)19-9-11-20(12-10-19)21-13-15-22(16-14-21)23(24)25/h13-20H,2-12H2,1H3,(H,24,25)/t17-,18-,19?,20?. The Labute approximate surface area is 153 Å². The van der Waals surface area contributed by atoms with Gasteiger partial charge in [-0.15, -0.1) is 0 Å². The Morgan fingerprint density at radius 3 is 2.00 bits per heavy atom. The lowest BCUT2D eigenvalue weighted by Crippen LogP contribution is -2.25. The van der Waals surface area contributed by atoms with E-state index in [0.29, 0.717) is 11.5 Å². The predicted octanol–water partition coefficient (Wildman–Crippen LogP) is 6.66. The van der Waals surface area contributed by atoms with Crippen LogP contribution in [0.15, 0.2) is 24.3 Å². The SMILES string of the molecule is CCCC[C@H]1CC[C@H](C2CCC(c3ccc(C(=O)O)cc3)CC2)CC1. The molecule has 0 aromatic heterocycles. The minimum atomic E-state index is -0.829. The normalized spacial score (nSPS) is 30.1. The lowest BCUT2D eigenvalue weighted by atomic mass is 9.68. The Kier molecular flexibility index (Phi) is 6.56. The van der Waals surface area contributed by atoms with Crippen molar-refractivity contribution in [3.8, 4) is 0 Å². The van der Waals surface area contributed by atoms with Gasteiger partial charge in [-0.05, 0) is 79.9 Å². The fraction of sp³-hybridized carbons (Fsp3) is 0.696. The zero-order valence-electron chi connectivity index (χ0n) is 15.8. The molecule has 0 bridgehead atoms. The van der Waals surface area contributed by atoms with Crippen molar-refractivity contribution in [1.29, 1.82) is 0 Å². The number of unbranched alkanes of at least 4 members (excludes halogenated alkanes) is 1. The van der Waals surface area contributed by atoms with E-state index >= 15 is 0 Å². The lowest BCUT2D eigenvalue weighted by Gasteiger charge is -2.38. The van der Waals surface area contributed by atoms with Crippen LogP contribution in [0, 0.1) is 17.8 Å². The number of carbonyl (C=O) groups is 1. The summed E-state index contributed by atoms with van der Waals surface area (Å²) in [6, 6.07) is 7.60. The molecule has 0 heterocycles. The zero-order chi connectivity index (χ0) is 17.6. The highest BCUT2D eigenvalue weighted by Crippen LogP contribution is 2.44. The molecule has 138 valence electrons. The number of carboxylic acid groups (broad SMARTS) is 1. The second kappa shape index (κ2) is 8.87. The first-order valence-electron chi connectivity index (χ1n) is 10.5. The van der Waals surface area contributed by atoms with Crippen molar-refractivity contribution in [1.82, 2.24) is 0 Å². The highest BCUT2D eigenvalue weighted by atomic mass is 16.4. The van der Waals surface area contributed by atoms with Crippen molar-refractivity contribution in [2.45, 2.75) is 83.5 Å². The summed E-state index contributed by atoms with van der Waals surface area (Å²) in [5, 5.41) is 9.03. The molecule has 1 aromatic rings. The van der Waals surface area contributed by atoms with Gasteiger partial charge in [0.15, 0.2) is 0 Å². The summed E-state index contributed by atoms with van der Waals surface area (Å²) in [4.78, 5) is 11.0. The van der Waals surface area contributed by atoms with Crippen LogP contribution in [0.25, 0.3) is 0 Å². The Morgan fingerprint density at radius 2 is 1.48 bits per heavy atom. The Hall–Kier alpha value is -1.31. The summed E-state index contributed by atoms with van der Waals surface area (Å²) in [5.41, 5.74) is 1.74. The molecular formula is C23H34O2. The first-order chi connectivity index (χ1) is 12.2. The Bertz CT molecular complexity index is 532. The zero-order valence-corrected chi connectivity index (χ0v) is 15.8. The molecule has 0 saturated heterocycles. The van der Waals surface area contributed by atoms with Gasteiger partial charge in [0.05, 0.1) is 5.56 Å². The van der Waals surface area contributed by atoms with Crippen molar-refractivity contribution in [3.63, 3.8) is 0 Å².